The summed E-state index contributed by atoms with van der Waals surface area (Å²) in [6.45, 7) is 0. The van der Waals surface area contributed by atoms with Crippen LogP contribution in [0, 0.1) is 0 Å². The van der Waals surface area contributed by atoms with Gasteiger partial charge in [0, 0.05) is 10.8 Å². The summed E-state index contributed by atoms with van der Waals surface area (Å²) < 4.78 is 83.4. The van der Waals surface area contributed by atoms with Crippen molar-refractivity contribution >= 4 is 54.5 Å². The van der Waals surface area contributed by atoms with E-state index in [0.717, 1.165) is 5.39 Å². The lowest BCUT2D eigenvalue weighted by molar-refractivity contribution is 0.615. The average Bonchev–Trinajstić information content (AvgIpc) is 3.68. The zero-order chi connectivity index (χ0) is 30.6. The van der Waals surface area contributed by atoms with Gasteiger partial charge in [-0.25, -0.2) is 0 Å². The van der Waals surface area contributed by atoms with E-state index in [1.807, 2.05) is 30.3 Å². The van der Waals surface area contributed by atoms with Gasteiger partial charge < -0.3 is 8.83 Å². The van der Waals surface area contributed by atoms with Gasteiger partial charge in [0.05, 0.1) is 22.6 Å². The van der Waals surface area contributed by atoms with E-state index in [0.29, 0.717) is 44.2 Å². The first-order valence-electron chi connectivity index (χ1n) is 15.5. The second-order valence-corrected chi connectivity index (χ2v) is 8.67. The van der Waals surface area contributed by atoms with E-state index in [4.69, 9.17) is 17.1 Å². The maximum absolute atomic E-state index is 9.21. The van der Waals surface area contributed by atoms with Crippen LogP contribution in [0.3, 0.4) is 0 Å². The predicted octanol–water partition coefficient (Wildman–Crippen LogP) is 9.97. The maximum Gasteiger partial charge on any atom is 0.147 e. The van der Waals surface area contributed by atoms with Crippen LogP contribution < -0.4 is 0 Å². The Morgan fingerprint density at radius 2 is 1.19 bits per heavy atom. The quantitative estimate of drug-likeness (QED) is 0.236. The van der Waals surface area contributed by atoms with E-state index >= 15 is 0 Å². The van der Waals surface area contributed by atoms with Crippen molar-refractivity contribution in [2.24, 2.45) is 0 Å². The molecule has 2 nitrogen and oxygen atoms in total. The van der Waals surface area contributed by atoms with Crippen molar-refractivity contribution in [1.82, 2.24) is 0 Å². The lowest BCUT2D eigenvalue weighted by Gasteiger charge is -2.18. The molecule has 0 bridgehead atoms. The molecule has 0 unspecified atom stereocenters. The molecule has 0 radical (unpaired) electrons. The van der Waals surface area contributed by atoms with Gasteiger partial charge in [-0.05, 0) is 62.0 Å². The third-order valence-corrected chi connectivity index (χ3v) is 6.79. The first kappa shape index (κ1) is 13.3. The summed E-state index contributed by atoms with van der Waals surface area (Å²) in [6, 6.07) is 16.9. The van der Waals surface area contributed by atoms with Gasteiger partial charge in [-0.2, -0.15) is 0 Å². The van der Waals surface area contributed by atoms with Crippen molar-refractivity contribution in [3.05, 3.63) is 121 Å². The predicted molar refractivity (Wildman–Crippen MR) is 149 cm³/mol. The second-order valence-electron chi connectivity index (χ2n) is 8.67. The Morgan fingerprint density at radius 3 is 1.92 bits per heavy atom. The fourth-order valence-electron chi connectivity index (χ4n) is 5.31. The fraction of sp³-hybridized carbons (Fsp3) is 0. The molecule has 6 aromatic carbocycles. The summed E-state index contributed by atoms with van der Waals surface area (Å²) >= 11 is 0. The smallest absolute Gasteiger partial charge is 0.147 e. The van der Waals surface area contributed by atoms with Crippen LogP contribution in [0.5, 0.6) is 0 Å². The summed E-state index contributed by atoms with van der Waals surface area (Å²) in [5.41, 5.74) is 3.15. The zero-order valence-electron chi connectivity index (χ0n) is 26.7. The number of hydrogen-bond donors (Lipinski definition) is 0. The third kappa shape index (κ3) is 2.61. The fourth-order valence-corrected chi connectivity index (χ4v) is 5.31. The van der Waals surface area contributed by atoms with Crippen LogP contribution in [0.1, 0.15) is 11.0 Å². The van der Waals surface area contributed by atoms with Crippen LogP contribution in [0.4, 0.5) is 0 Å². The van der Waals surface area contributed by atoms with Gasteiger partial charge in [0.2, 0.25) is 0 Å². The van der Waals surface area contributed by atoms with E-state index in [1.54, 1.807) is 36.4 Å². The Bertz CT molecular complexity index is 2450. The maximum atomic E-state index is 9.21. The van der Waals surface area contributed by atoms with Gasteiger partial charge in [0.25, 0.3) is 0 Å². The number of fused-ring (bicyclic) bond motifs is 7. The van der Waals surface area contributed by atoms with Crippen molar-refractivity contribution < 1.29 is 19.8 Å². The SMILES string of the molecule is [2H]c1c([2H])c([2H])c2c(-c3cc4occc4c4oc5ccccc5c34)c3c([2H])c([2H])c([2H])c([2H])c3c(-c3ccccc3)c2c1[2H]. The highest BCUT2D eigenvalue weighted by Gasteiger charge is 2.22. The normalized spacial score (nSPS) is 15.0. The molecular weight excluding hydrogens is 440 g/mol. The van der Waals surface area contributed by atoms with Gasteiger partial charge >= 0.3 is 0 Å². The molecule has 0 saturated carbocycles. The second kappa shape index (κ2) is 7.34. The molecule has 2 heteroatoms. The molecule has 0 fully saturated rings. The zero-order valence-corrected chi connectivity index (χ0v) is 18.7. The third-order valence-electron chi connectivity index (χ3n) is 6.79. The Labute approximate surface area is 218 Å². The molecule has 8 rings (SSSR count). The molecule has 0 N–H and O–H groups in total. The molecule has 8 aromatic rings. The first-order valence-corrected chi connectivity index (χ1v) is 11.5. The summed E-state index contributed by atoms with van der Waals surface area (Å²) in [7, 11) is 0. The van der Waals surface area contributed by atoms with E-state index in [-0.39, 0.29) is 51.3 Å². The van der Waals surface area contributed by atoms with Crippen LogP contribution in [0.2, 0.25) is 0 Å². The van der Waals surface area contributed by atoms with Crippen molar-refractivity contribution in [2.45, 2.75) is 0 Å². The largest absolute Gasteiger partial charge is 0.464 e. The number of rotatable bonds is 2. The summed E-state index contributed by atoms with van der Waals surface area (Å²) in [5, 5.41) is 2.71. The molecule has 0 saturated heterocycles. The minimum absolute atomic E-state index is 0.143. The van der Waals surface area contributed by atoms with Crippen molar-refractivity contribution in [1.29, 1.82) is 0 Å². The first-order chi connectivity index (χ1) is 21.2. The lowest BCUT2D eigenvalue weighted by Crippen LogP contribution is -1.91. The molecule has 168 valence electrons. The molecule has 0 aliphatic heterocycles. The Balaban J connectivity index is 1.78. The van der Waals surface area contributed by atoms with Crippen LogP contribution in [-0.2, 0) is 0 Å². The standard InChI is InChI=1S/C34H20O2/c1-2-10-21(11-3-1)31-22-12-4-6-14-24(22)32(25-15-7-5-13-23(25)31)28-20-30-27(18-19-35-30)34-33(28)26-16-8-9-17-29(26)36-34/h1-20H/i4D,5D,6D,7D,12D,13D,14D,15D. The average molecular weight is 469 g/mol. The Hall–Kier alpha value is -4.82. The highest BCUT2D eigenvalue weighted by Crippen LogP contribution is 2.48. The molecule has 0 aliphatic rings. The van der Waals surface area contributed by atoms with Crippen LogP contribution >= 0.6 is 0 Å². The minimum atomic E-state index is -0.449. The topological polar surface area (TPSA) is 26.3 Å². The molecule has 0 spiro atoms. The summed E-state index contributed by atoms with van der Waals surface area (Å²) in [4.78, 5) is 0. The summed E-state index contributed by atoms with van der Waals surface area (Å²) in [5.74, 6) is 0. The van der Waals surface area contributed by atoms with E-state index in [2.05, 4.69) is 0 Å². The molecule has 0 atom stereocenters. The highest BCUT2D eigenvalue weighted by molar-refractivity contribution is 6.28. The van der Waals surface area contributed by atoms with Gasteiger partial charge in [-0.3, -0.25) is 0 Å². The van der Waals surface area contributed by atoms with Gasteiger partial charge in [0.1, 0.15) is 16.7 Å². The molecule has 2 heterocycles. The lowest BCUT2D eigenvalue weighted by atomic mass is 9.84. The number of para-hydroxylation sites is 1. The Morgan fingerprint density at radius 1 is 0.556 bits per heavy atom. The number of benzene rings is 6. The van der Waals surface area contributed by atoms with Crippen LogP contribution in [0.15, 0.2) is 130 Å². The summed E-state index contributed by atoms with van der Waals surface area (Å²) in [6.07, 6.45) is 1.54. The molecule has 2 aromatic heterocycles. The Kier molecular flexibility index (Phi) is 2.71. The molecule has 0 aliphatic carbocycles. The molecular formula is C34H20O2. The van der Waals surface area contributed by atoms with Crippen molar-refractivity contribution in [2.75, 3.05) is 0 Å². The molecule has 0 amide bonds. The van der Waals surface area contributed by atoms with Crippen LogP contribution in [-0.4, -0.2) is 0 Å². The van der Waals surface area contributed by atoms with E-state index < -0.39 is 24.2 Å². The van der Waals surface area contributed by atoms with Gasteiger partial charge in [0.15, 0.2) is 0 Å². The van der Waals surface area contributed by atoms with Gasteiger partial charge in [-0.15, -0.1) is 0 Å². The van der Waals surface area contributed by atoms with E-state index in [1.165, 1.54) is 6.26 Å². The van der Waals surface area contributed by atoms with Gasteiger partial charge in [-0.1, -0.05) is 96.9 Å². The van der Waals surface area contributed by atoms with E-state index in [9.17, 15) is 2.74 Å². The monoisotopic (exact) mass is 468 g/mol. The van der Waals surface area contributed by atoms with Crippen LogP contribution in [0.25, 0.3) is 76.7 Å². The van der Waals surface area contributed by atoms with Crippen molar-refractivity contribution in [3.8, 4) is 22.3 Å². The van der Waals surface area contributed by atoms with Crippen molar-refractivity contribution in [3.63, 3.8) is 0 Å². The minimum Gasteiger partial charge on any atom is -0.464 e. The molecule has 36 heavy (non-hydrogen) atoms. The highest BCUT2D eigenvalue weighted by atomic mass is 16.3. The number of hydrogen-bond acceptors (Lipinski definition) is 2. The number of furan rings is 2.